The van der Waals surface area contributed by atoms with Crippen molar-refractivity contribution >= 4 is 0 Å². The molecule has 0 rings (SSSR count). The molecule has 0 heterocycles. The second-order valence-corrected chi connectivity index (χ2v) is 6.17. The zero-order valence-electron chi connectivity index (χ0n) is 15.1. The monoisotopic (exact) mass is 352 g/mol. The molecule has 4 N–H and O–H groups in total. The molecule has 0 aromatic heterocycles. The van der Waals surface area contributed by atoms with Crippen molar-refractivity contribution in [1.29, 1.82) is 0 Å². The largest absolute Gasteiger partial charge is 0.394 e. The van der Waals surface area contributed by atoms with Crippen LogP contribution in [0.25, 0.3) is 0 Å². The highest BCUT2D eigenvalue weighted by molar-refractivity contribution is 4.59. The van der Waals surface area contributed by atoms with E-state index in [-0.39, 0.29) is 39.6 Å². The second-order valence-electron chi connectivity index (χ2n) is 6.17. The summed E-state index contributed by atoms with van der Waals surface area (Å²) >= 11 is 0. The summed E-state index contributed by atoms with van der Waals surface area (Å²) in [7, 11) is 0. The van der Waals surface area contributed by atoms with Crippen LogP contribution in [-0.2, 0) is 14.2 Å². The average molecular weight is 352 g/mol. The van der Waals surface area contributed by atoms with Gasteiger partial charge in [0.2, 0.25) is 0 Å². The molecule has 0 saturated heterocycles. The van der Waals surface area contributed by atoms with Crippen LogP contribution in [0.3, 0.4) is 0 Å². The minimum atomic E-state index is -0.943. The first-order valence-electron chi connectivity index (χ1n) is 8.91. The van der Waals surface area contributed by atoms with E-state index in [0.29, 0.717) is 12.5 Å². The molecule has 0 aromatic rings. The second kappa shape index (κ2) is 16.2. The van der Waals surface area contributed by atoms with E-state index in [1.54, 1.807) is 0 Å². The normalized spacial score (nSPS) is 16.8. The highest BCUT2D eigenvalue weighted by Gasteiger charge is 2.11. The van der Waals surface area contributed by atoms with Crippen LogP contribution in [0.5, 0.6) is 0 Å². The number of ether oxygens (including phenoxy) is 3. The quantitative estimate of drug-likeness (QED) is 0.299. The molecule has 0 aromatic carbocycles. The Bertz CT molecular complexity index is 265. The van der Waals surface area contributed by atoms with E-state index < -0.39 is 18.3 Å². The van der Waals surface area contributed by atoms with Gasteiger partial charge in [0.25, 0.3) is 0 Å². The van der Waals surface area contributed by atoms with Crippen LogP contribution < -0.4 is 0 Å². The zero-order chi connectivity index (χ0) is 18.2. The highest BCUT2D eigenvalue weighted by Crippen LogP contribution is 2.12. The maximum absolute atomic E-state index is 9.78. The van der Waals surface area contributed by atoms with Gasteiger partial charge in [-0.15, -0.1) is 0 Å². The van der Waals surface area contributed by atoms with E-state index in [0.717, 1.165) is 12.8 Å². The molecule has 0 fully saturated rings. The molecule has 4 atom stereocenters. The minimum Gasteiger partial charge on any atom is -0.394 e. The summed E-state index contributed by atoms with van der Waals surface area (Å²) in [6, 6.07) is 0. The molecular formula is C17H36O7. The molecule has 7 nitrogen and oxygen atoms in total. The molecule has 0 amide bonds. The van der Waals surface area contributed by atoms with Crippen molar-refractivity contribution in [3.8, 4) is 0 Å². The molecule has 0 radical (unpaired) electrons. The third-order valence-corrected chi connectivity index (χ3v) is 3.66. The Morgan fingerprint density at radius 2 is 1.17 bits per heavy atom. The van der Waals surface area contributed by atoms with Gasteiger partial charge >= 0.3 is 0 Å². The summed E-state index contributed by atoms with van der Waals surface area (Å²) in [5.41, 5.74) is 0. The molecule has 0 aliphatic rings. The van der Waals surface area contributed by atoms with Crippen LogP contribution in [0.15, 0.2) is 0 Å². The van der Waals surface area contributed by atoms with E-state index in [9.17, 15) is 10.2 Å². The van der Waals surface area contributed by atoms with Gasteiger partial charge in [0, 0.05) is 6.61 Å². The van der Waals surface area contributed by atoms with Gasteiger partial charge in [0.15, 0.2) is 0 Å². The zero-order valence-corrected chi connectivity index (χ0v) is 15.1. The van der Waals surface area contributed by atoms with Gasteiger partial charge in [0.1, 0.15) is 18.3 Å². The Morgan fingerprint density at radius 3 is 1.58 bits per heavy atom. The molecule has 7 heteroatoms. The van der Waals surface area contributed by atoms with Crippen LogP contribution in [0, 0.1) is 5.92 Å². The van der Waals surface area contributed by atoms with Gasteiger partial charge in [-0.2, -0.15) is 0 Å². The van der Waals surface area contributed by atoms with Crippen LogP contribution in [0.4, 0.5) is 0 Å². The Kier molecular flexibility index (Phi) is 16.0. The van der Waals surface area contributed by atoms with E-state index >= 15 is 0 Å². The minimum absolute atomic E-state index is 0.000730. The summed E-state index contributed by atoms with van der Waals surface area (Å²) in [6.07, 6.45) is 2.09. The van der Waals surface area contributed by atoms with Crippen molar-refractivity contribution in [2.24, 2.45) is 5.92 Å². The first kappa shape index (κ1) is 23.7. The third kappa shape index (κ3) is 14.1. The predicted molar refractivity (Wildman–Crippen MR) is 90.9 cm³/mol. The fourth-order valence-corrected chi connectivity index (χ4v) is 2.10. The fraction of sp³-hybridized carbons (Fsp3) is 1.00. The molecule has 0 saturated carbocycles. The summed E-state index contributed by atoms with van der Waals surface area (Å²) in [4.78, 5) is 0. The van der Waals surface area contributed by atoms with Crippen molar-refractivity contribution in [3.05, 3.63) is 0 Å². The average Bonchev–Trinajstić information content (AvgIpc) is 2.57. The Morgan fingerprint density at radius 1 is 0.708 bits per heavy atom. The fourth-order valence-electron chi connectivity index (χ4n) is 2.10. The van der Waals surface area contributed by atoms with Gasteiger partial charge in [-0.05, 0) is 12.3 Å². The SMILES string of the molecule is CCCCC(CC)COCC(O)COCC(O)COCC(O)CO. The molecule has 4 unspecified atom stereocenters. The van der Waals surface area contributed by atoms with Gasteiger partial charge < -0.3 is 34.6 Å². The lowest BCUT2D eigenvalue weighted by Crippen LogP contribution is -2.29. The summed E-state index contributed by atoms with van der Waals surface area (Å²) < 4.78 is 15.8. The van der Waals surface area contributed by atoms with Crippen LogP contribution in [0.2, 0.25) is 0 Å². The maximum atomic E-state index is 9.78. The van der Waals surface area contributed by atoms with E-state index in [4.69, 9.17) is 24.4 Å². The maximum Gasteiger partial charge on any atom is 0.101 e. The van der Waals surface area contributed by atoms with E-state index in [2.05, 4.69) is 13.8 Å². The number of unbranched alkanes of at least 4 members (excludes halogenated alkanes) is 1. The smallest absolute Gasteiger partial charge is 0.101 e. The van der Waals surface area contributed by atoms with Gasteiger partial charge in [0.05, 0.1) is 39.6 Å². The van der Waals surface area contributed by atoms with Crippen LogP contribution in [0.1, 0.15) is 39.5 Å². The molecule has 24 heavy (non-hydrogen) atoms. The van der Waals surface area contributed by atoms with Crippen LogP contribution >= 0.6 is 0 Å². The summed E-state index contributed by atoms with van der Waals surface area (Å²) in [5.74, 6) is 0.534. The molecule has 0 spiro atoms. The van der Waals surface area contributed by atoms with Gasteiger partial charge in [-0.1, -0.05) is 33.1 Å². The lowest BCUT2D eigenvalue weighted by Gasteiger charge is -2.18. The van der Waals surface area contributed by atoms with Crippen molar-refractivity contribution < 1.29 is 34.6 Å². The Hall–Kier alpha value is -0.280. The number of aliphatic hydroxyl groups is 4. The Balaban J connectivity index is 3.58. The molecule has 0 bridgehead atoms. The van der Waals surface area contributed by atoms with Crippen molar-refractivity contribution in [2.75, 3.05) is 46.2 Å². The first-order valence-corrected chi connectivity index (χ1v) is 8.91. The third-order valence-electron chi connectivity index (χ3n) is 3.66. The molecule has 146 valence electrons. The lowest BCUT2D eigenvalue weighted by atomic mass is 10.0. The van der Waals surface area contributed by atoms with E-state index in [1.165, 1.54) is 12.8 Å². The Labute approximate surface area is 145 Å². The molecule has 0 aliphatic heterocycles. The van der Waals surface area contributed by atoms with Crippen molar-refractivity contribution in [2.45, 2.75) is 57.8 Å². The number of hydrogen-bond donors (Lipinski definition) is 4. The van der Waals surface area contributed by atoms with Crippen molar-refractivity contribution in [1.82, 2.24) is 0 Å². The number of aliphatic hydroxyl groups excluding tert-OH is 4. The number of rotatable bonds is 17. The lowest BCUT2D eigenvalue weighted by molar-refractivity contribution is -0.0693. The standard InChI is InChI=1S/C17H36O7/c1-3-5-6-14(4-2)8-22-10-16(20)12-24-13-17(21)11-23-9-15(19)7-18/h14-21H,3-13H2,1-2H3. The molecular weight excluding hydrogens is 316 g/mol. The van der Waals surface area contributed by atoms with Gasteiger partial charge in [-0.25, -0.2) is 0 Å². The van der Waals surface area contributed by atoms with E-state index in [1.807, 2.05) is 0 Å². The summed E-state index contributed by atoms with van der Waals surface area (Å²) in [6.45, 7) is 4.88. The van der Waals surface area contributed by atoms with Crippen LogP contribution in [-0.4, -0.2) is 85.0 Å². The topological polar surface area (TPSA) is 109 Å². The van der Waals surface area contributed by atoms with Gasteiger partial charge in [-0.3, -0.25) is 0 Å². The number of hydrogen-bond acceptors (Lipinski definition) is 7. The summed E-state index contributed by atoms with van der Waals surface area (Å²) in [5, 5.41) is 37.1. The van der Waals surface area contributed by atoms with Crippen molar-refractivity contribution in [3.63, 3.8) is 0 Å². The molecule has 0 aliphatic carbocycles. The predicted octanol–water partition coefficient (Wildman–Crippen LogP) is 0.328. The first-order chi connectivity index (χ1) is 11.5. The highest BCUT2D eigenvalue weighted by atomic mass is 16.5.